The van der Waals surface area contributed by atoms with Gasteiger partial charge in [0.2, 0.25) is 0 Å². The Hall–Kier alpha value is -2.29. The van der Waals surface area contributed by atoms with Crippen LogP contribution in [0.5, 0.6) is 5.75 Å². The van der Waals surface area contributed by atoms with Gasteiger partial charge in [0.1, 0.15) is 5.75 Å². The summed E-state index contributed by atoms with van der Waals surface area (Å²) in [5.74, 6) is 0.625. The first-order chi connectivity index (χ1) is 12.0. The standard InChI is InChI=1S/C22H27NO2/c1-15-8-12-21(13-9-15)25-17(3)22(24)23-16(2)19-11-10-18-6-4-5-7-20(18)14-19/h8-14,16-17H,4-7H2,1-3H3,(H,23,24)/t16-,17-/m0/s1. The average molecular weight is 337 g/mol. The summed E-state index contributed by atoms with van der Waals surface area (Å²) in [5.41, 5.74) is 5.24. The van der Waals surface area contributed by atoms with Crippen molar-refractivity contribution >= 4 is 5.91 Å². The van der Waals surface area contributed by atoms with E-state index in [-0.39, 0.29) is 11.9 Å². The summed E-state index contributed by atoms with van der Waals surface area (Å²) < 4.78 is 5.75. The molecule has 0 aromatic heterocycles. The molecule has 3 rings (SSSR count). The van der Waals surface area contributed by atoms with Crippen molar-refractivity contribution in [3.63, 3.8) is 0 Å². The van der Waals surface area contributed by atoms with Gasteiger partial charge in [-0.3, -0.25) is 4.79 Å². The molecule has 0 fully saturated rings. The first-order valence-electron chi connectivity index (χ1n) is 9.18. The fourth-order valence-electron chi connectivity index (χ4n) is 3.31. The van der Waals surface area contributed by atoms with E-state index in [1.807, 2.05) is 38.1 Å². The number of benzene rings is 2. The van der Waals surface area contributed by atoms with Crippen LogP contribution in [0.4, 0.5) is 0 Å². The van der Waals surface area contributed by atoms with Gasteiger partial charge in [-0.15, -0.1) is 0 Å². The van der Waals surface area contributed by atoms with Gasteiger partial charge >= 0.3 is 0 Å². The molecular weight excluding hydrogens is 310 g/mol. The Morgan fingerprint density at radius 2 is 1.68 bits per heavy atom. The maximum absolute atomic E-state index is 12.5. The fraction of sp³-hybridized carbons (Fsp3) is 0.409. The maximum atomic E-state index is 12.5. The Morgan fingerprint density at radius 3 is 2.40 bits per heavy atom. The Bertz CT molecular complexity index is 736. The van der Waals surface area contributed by atoms with Gasteiger partial charge in [0.05, 0.1) is 6.04 Å². The van der Waals surface area contributed by atoms with Crippen LogP contribution in [-0.4, -0.2) is 12.0 Å². The first-order valence-corrected chi connectivity index (χ1v) is 9.18. The Balaban J connectivity index is 1.60. The van der Waals surface area contributed by atoms with Crippen molar-refractivity contribution in [2.45, 2.75) is 58.6 Å². The Morgan fingerprint density at radius 1 is 1.00 bits per heavy atom. The normalized spacial score (nSPS) is 15.8. The number of aryl methyl sites for hydroxylation is 3. The number of hydrogen-bond donors (Lipinski definition) is 1. The third-order valence-electron chi connectivity index (χ3n) is 4.93. The summed E-state index contributed by atoms with van der Waals surface area (Å²) in [6.45, 7) is 5.84. The molecule has 1 aliphatic rings. The van der Waals surface area contributed by atoms with Crippen LogP contribution in [0.2, 0.25) is 0 Å². The van der Waals surface area contributed by atoms with E-state index in [2.05, 4.69) is 23.5 Å². The van der Waals surface area contributed by atoms with Crippen LogP contribution in [0, 0.1) is 6.92 Å². The van der Waals surface area contributed by atoms with Crippen molar-refractivity contribution in [1.82, 2.24) is 5.32 Å². The van der Waals surface area contributed by atoms with Gasteiger partial charge in [0, 0.05) is 0 Å². The van der Waals surface area contributed by atoms with E-state index in [1.54, 1.807) is 6.92 Å². The molecule has 1 N–H and O–H groups in total. The number of nitrogens with one attached hydrogen (secondary N) is 1. The highest BCUT2D eigenvalue weighted by atomic mass is 16.5. The zero-order valence-electron chi connectivity index (χ0n) is 15.3. The lowest BCUT2D eigenvalue weighted by molar-refractivity contribution is -0.127. The predicted molar refractivity (Wildman–Crippen MR) is 101 cm³/mol. The highest BCUT2D eigenvalue weighted by Crippen LogP contribution is 2.25. The smallest absolute Gasteiger partial charge is 0.261 e. The number of carbonyl (C=O) groups is 1. The van der Waals surface area contributed by atoms with Crippen molar-refractivity contribution in [2.75, 3.05) is 0 Å². The maximum Gasteiger partial charge on any atom is 0.261 e. The Kier molecular flexibility index (Phi) is 5.42. The van der Waals surface area contributed by atoms with Gasteiger partial charge in [0.25, 0.3) is 5.91 Å². The van der Waals surface area contributed by atoms with E-state index in [4.69, 9.17) is 4.74 Å². The van der Waals surface area contributed by atoms with Crippen molar-refractivity contribution in [1.29, 1.82) is 0 Å². The highest BCUT2D eigenvalue weighted by Gasteiger charge is 2.19. The van der Waals surface area contributed by atoms with E-state index in [0.717, 1.165) is 17.7 Å². The van der Waals surface area contributed by atoms with Crippen molar-refractivity contribution in [2.24, 2.45) is 0 Å². The molecule has 0 spiro atoms. The molecule has 0 bridgehead atoms. The molecular formula is C22H27NO2. The summed E-state index contributed by atoms with van der Waals surface area (Å²) in [6, 6.07) is 14.3. The van der Waals surface area contributed by atoms with Crippen LogP contribution in [0.1, 0.15) is 55.0 Å². The van der Waals surface area contributed by atoms with E-state index in [9.17, 15) is 4.79 Å². The summed E-state index contributed by atoms with van der Waals surface area (Å²) >= 11 is 0. The minimum atomic E-state index is -0.525. The lowest BCUT2D eigenvalue weighted by Gasteiger charge is -2.21. The third kappa shape index (κ3) is 4.41. The van der Waals surface area contributed by atoms with Gasteiger partial charge in [-0.05, 0) is 75.3 Å². The molecule has 0 saturated heterocycles. The molecule has 1 amide bonds. The topological polar surface area (TPSA) is 38.3 Å². The molecule has 3 nitrogen and oxygen atoms in total. The monoisotopic (exact) mass is 337 g/mol. The number of fused-ring (bicyclic) bond motifs is 1. The second kappa shape index (κ2) is 7.73. The predicted octanol–water partition coefficient (Wildman–Crippen LogP) is 4.52. The lowest BCUT2D eigenvalue weighted by Crippen LogP contribution is -2.37. The molecule has 132 valence electrons. The Labute approximate surface area is 150 Å². The van der Waals surface area contributed by atoms with Crippen LogP contribution in [0.15, 0.2) is 42.5 Å². The van der Waals surface area contributed by atoms with E-state index >= 15 is 0 Å². The lowest BCUT2D eigenvalue weighted by atomic mass is 9.89. The summed E-state index contributed by atoms with van der Waals surface area (Å²) in [5, 5.41) is 3.07. The van der Waals surface area contributed by atoms with Crippen molar-refractivity contribution in [3.05, 3.63) is 64.7 Å². The summed E-state index contributed by atoms with van der Waals surface area (Å²) in [6.07, 6.45) is 4.35. The largest absolute Gasteiger partial charge is 0.481 e. The fourth-order valence-corrected chi connectivity index (χ4v) is 3.31. The number of rotatable bonds is 5. The van der Waals surface area contributed by atoms with E-state index in [0.29, 0.717) is 0 Å². The first kappa shape index (κ1) is 17.5. The minimum Gasteiger partial charge on any atom is -0.481 e. The molecule has 0 saturated carbocycles. The molecule has 25 heavy (non-hydrogen) atoms. The zero-order valence-corrected chi connectivity index (χ0v) is 15.3. The third-order valence-corrected chi connectivity index (χ3v) is 4.93. The van der Waals surface area contributed by atoms with Crippen LogP contribution in [0.25, 0.3) is 0 Å². The molecule has 1 aliphatic carbocycles. The van der Waals surface area contributed by atoms with Crippen LogP contribution in [-0.2, 0) is 17.6 Å². The van der Waals surface area contributed by atoms with Crippen molar-refractivity contribution in [3.8, 4) is 5.75 Å². The molecule has 2 aromatic rings. The van der Waals surface area contributed by atoms with Gasteiger partial charge in [-0.2, -0.15) is 0 Å². The van der Waals surface area contributed by atoms with Gasteiger partial charge in [-0.25, -0.2) is 0 Å². The molecule has 0 radical (unpaired) electrons. The average Bonchev–Trinajstić information content (AvgIpc) is 2.63. The van der Waals surface area contributed by atoms with Crippen LogP contribution < -0.4 is 10.1 Å². The number of carbonyl (C=O) groups excluding carboxylic acids is 1. The van der Waals surface area contributed by atoms with Gasteiger partial charge < -0.3 is 10.1 Å². The van der Waals surface area contributed by atoms with Gasteiger partial charge in [0.15, 0.2) is 6.10 Å². The SMILES string of the molecule is Cc1ccc(O[C@@H](C)C(=O)N[C@@H](C)c2ccc3c(c2)CCCC3)cc1. The van der Waals surface area contributed by atoms with Gasteiger partial charge in [-0.1, -0.05) is 35.9 Å². The van der Waals surface area contributed by atoms with Crippen molar-refractivity contribution < 1.29 is 9.53 Å². The molecule has 2 aromatic carbocycles. The molecule has 3 heteroatoms. The second-order valence-electron chi connectivity index (χ2n) is 7.04. The zero-order chi connectivity index (χ0) is 17.8. The molecule has 2 atom stereocenters. The number of hydrogen-bond acceptors (Lipinski definition) is 2. The molecule has 0 unspecified atom stereocenters. The second-order valence-corrected chi connectivity index (χ2v) is 7.04. The highest BCUT2D eigenvalue weighted by molar-refractivity contribution is 5.81. The molecule has 0 heterocycles. The van der Waals surface area contributed by atoms with Crippen LogP contribution in [0.3, 0.4) is 0 Å². The summed E-state index contributed by atoms with van der Waals surface area (Å²) in [4.78, 5) is 12.5. The quantitative estimate of drug-likeness (QED) is 0.871. The van der Waals surface area contributed by atoms with Crippen LogP contribution >= 0.6 is 0 Å². The summed E-state index contributed by atoms with van der Waals surface area (Å²) in [7, 11) is 0. The van der Waals surface area contributed by atoms with E-state index in [1.165, 1.54) is 36.0 Å². The number of ether oxygens (including phenoxy) is 1. The number of amides is 1. The molecule has 0 aliphatic heterocycles. The minimum absolute atomic E-state index is 0.0243. The van der Waals surface area contributed by atoms with E-state index < -0.39 is 6.10 Å².